The van der Waals surface area contributed by atoms with Crippen LogP contribution in [0.4, 0.5) is 5.69 Å². The number of rotatable bonds is 4. The first kappa shape index (κ1) is 20.1. The van der Waals surface area contributed by atoms with E-state index in [0.717, 1.165) is 5.56 Å². The zero-order valence-corrected chi connectivity index (χ0v) is 17.9. The molecule has 3 aliphatic rings. The Bertz CT molecular complexity index is 1210. The van der Waals surface area contributed by atoms with Gasteiger partial charge in [-0.25, -0.2) is 10.0 Å². The monoisotopic (exact) mass is 433 g/mol. The molecule has 1 aromatic heterocycles. The Morgan fingerprint density at radius 1 is 1.28 bits per heavy atom. The zero-order valence-electron chi connectivity index (χ0n) is 17.9. The van der Waals surface area contributed by atoms with Gasteiger partial charge in [-0.1, -0.05) is 38.1 Å². The van der Waals surface area contributed by atoms with Gasteiger partial charge in [-0.05, 0) is 23.8 Å². The van der Waals surface area contributed by atoms with E-state index in [9.17, 15) is 14.7 Å². The predicted molar refractivity (Wildman–Crippen MR) is 117 cm³/mol. The lowest BCUT2D eigenvalue weighted by molar-refractivity contribution is -0.144. The van der Waals surface area contributed by atoms with Crippen LogP contribution in [0, 0.1) is 5.41 Å². The maximum Gasteiger partial charge on any atom is 0.296 e. The molecule has 3 aliphatic heterocycles. The molecule has 0 unspecified atom stereocenters. The number of hydrogen-bond donors (Lipinski definition) is 3. The Morgan fingerprint density at radius 3 is 2.69 bits per heavy atom. The van der Waals surface area contributed by atoms with Crippen molar-refractivity contribution in [3.63, 3.8) is 0 Å². The van der Waals surface area contributed by atoms with Gasteiger partial charge >= 0.3 is 0 Å². The number of imidazole rings is 1. The van der Waals surface area contributed by atoms with Gasteiger partial charge in [0.2, 0.25) is 5.79 Å². The second kappa shape index (κ2) is 6.33. The number of aromatic nitrogens is 2. The number of H-pyrrole nitrogens is 1. The number of aliphatic hydroxyl groups is 1. The molecule has 0 aliphatic carbocycles. The first-order valence-electron chi connectivity index (χ1n) is 10.1. The van der Waals surface area contributed by atoms with Crippen LogP contribution in [0.15, 0.2) is 67.0 Å². The van der Waals surface area contributed by atoms with E-state index < -0.39 is 34.2 Å². The van der Waals surface area contributed by atoms with E-state index in [1.807, 2.05) is 38.1 Å². The molecular formula is C23H23N5O4. The van der Waals surface area contributed by atoms with Crippen molar-refractivity contribution in [3.8, 4) is 0 Å². The van der Waals surface area contributed by atoms with Crippen molar-refractivity contribution in [1.29, 1.82) is 0 Å². The number of allylic oxidation sites excluding steroid dienone is 1. The van der Waals surface area contributed by atoms with Gasteiger partial charge in [0.05, 0.1) is 36.4 Å². The minimum atomic E-state index is -1.52. The van der Waals surface area contributed by atoms with Crippen molar-refractivity contribution >= 4 is 23.6 Å². The molecule has 0 saturated carbocycles. The van der Waals surface area contributed by atoms with E-state index in [2.05, 4.69) is 21.9 Å². The molecule has 1 aromatic carbocycles. The molecule has 164 valence electrons. The van der Waals surface area contributed by atoms with Crippen LogP contribution in [0.2, 0.25) is 0 Å². The predicted octanol–water partition coefficient (Wildman–Crippen LogP) is 2.35. The quantitative estimate of drug-likeness (QED) is 0.504. The number of amides is 2. The van der Waals surface area contributed by atoms with E-state index in [-0.39, 0.29) is 5.70 Å². The number of carbonyl (C=O) groups is 2. The van der Waals surface area contributed by atoms with E-state index >= 15 is 0 Å². The summed E-state index contributed by atoms with van der Waals surface area (Å²) in [6.07, 6.45) is 7.81. The Labute approximate surface area is 184 Å². The van der Waals surface area contributed by atoms with Crippen LogP contribution in [0.5, 0.6) is 0 Å². The van der Waals surface area contributed by atoms with Crippen LogP contribution >= 0.6 is 0 Å². The Balaban J connectivity index is 1.91. The maximum atomic E-state index is 13.4. The molecule has 1 spiro atoms. The summed E-state index contributed by atoms with van der Waals surface area (Å²) in [6.45, 7) is 7.91. The van der Waals surface area contributed by atoms with Crippen LogP contribution in [0.3, 0.4) is 0 Å². The van der Waals surface area contributed by atoms with E-state index in [4.69, 9.17) is 4.84 Å². The smallest absolute Gasteiger partial charge is 0.296 e. The number of benzene rings is 1. The normalized spacial score (nSPS) is 27.7. The van der Waals surface area contributed by atoms with Crippen molar-refractivity contribution in [2.75, 3.05) is 12.2 Å². The SMILES string of the molecule is C=CC(C)(C)[C@@]12C=C(O)C(=O)N3C(=Cc4cnc[nH]4)C(=O)N[C@]31N(OC)c1ccccc12. The highest BCUT2D eigenvalue weighted by molar-refractivity contribution is 6.10. The fraction of sp³-hybridized carbons (Fsp3) is 0.261. The molecule has 3 N–H and O–H groups in total. The first-order chi connectivity index (χ1) is 15.2. The molecule has 1 fully saturated rings. The Hall–Kier alpha value is -3.85. The van der Waals surface area contributed by atoms with Crippen molar-refractivity contribution in [2.45, 2.75) is 25.0 Å². The van der Waals surface area contributed by atoms with Crippen LogP contribution in [-0.2, 0) is 19.8 Å². The van der Waals surface area contributed by atoms with Gasteiger partial charge in [-0.15, -0.1) is 6.58 Å². The third kappa shape index (κ3) is 2.08. The Kier molecular flexibility index (Phi) is 3.97. The van der Waals surface area contributed by atoms with Crippen molar-refractivity contribution < 1.29 is 19.5 Å². The van der Waals surface area contributed by atoms with Crippen LogP contribution < -0.4 is 10.4 Å². The number of hydrogen-bond acceptors (Lipinski definition) is 6. The summed E-state index contributed by atoms with van der Waals surface area (Å²) in [7, 11) is 1.48. The van der Waals surface area contributed by atoms with E-state index in [1.54, 1.807) is 6.08 Å². The summed E-state index contributed by atoms with van der Waals surface area (Å²) < 4.78 is 0. The molecule has 0 bridgehead atoms. The number of aliphatic hydroxyl groups excluding tert-OH is 1. The average molecular weight is 433 g/mol. The second-order valence-corrected chi connectivity index (χ2v) is 8.56. The number of carbonyl (C=O) groups excluding carboxylic acids is 2. The van der Waals surface area contributed by atoms with Gasteiger partial charge in [0.1, 0.15) is 5.70 Å². The lowest BCUT2D eigenvalue weighted by atomic mass is 9.57. The van der Waals surface area contributed by atoms with Crippen LogP contribution in [0.1, 0.15) is 25.1 Å². The van der Waals surface area contributed by atoms with Gasteiger partial charge < -0.3 is 15.4 Å². The third-order valence-electron chi connectivity index (χ3n) is 6.77. The number of aromatic amines is 1. The standard InChI is InChI=1S/C23H23N5O4/c1-5-21(2,3)22-11-18(29)20(31)27-17(10-14-12-24-13-25-14)19(30)26-23(22,27)28(32-4)16-9-7-6-8-15(16)22/h5-13,29H,1H2,2-4H3,(H,24,25)(H,26,30)/t22-,23-/m0/s1. The third-order valence-corrected chi connectivity index (χ3v) is 6.77. The minimum absolute atomic E-state index is 0.0537. The number of hydroxylamine groups is 1. The fourth-order valence-electron chi connectivity index (χ4n) is 5.29. The summed E-state index contributed by atoms with van der Waals surface area (Å²) in [4.78, 5) is 40.8. The number of nitrogens with one attached hydrogen (secondary N) is 2. The van der Waals surface area contributed by atoms with Gasteiger partial charge in [0.15, 0.2) is 5.76 Å². The summed E-state index contributed by atoms with van der Waals surface area (Å²) in [5.74, 6) is -3.19. The average Bonchev–Trinajstić information content (AvgIpc) is 3.44. The molecular weight excluding hydrogens is 410 g/mol. The van der Waals surface area contributed by atoms with Crippen LogP contribution in [-0.4, -0.2) is 44.7 Å². The highest BCUT2D eigenvalue weighted by atomic mass is 16.7. The van der Waals surface area contributed by atoms with Crippen molar-refractivity contribution in [2.24, 2.45) is 5.41 Å². The van der Waals surface area contributed by atoms with Gasteiger partial charge in [-0.2, -0.15) is 0 Å². The lowest BCUT2D eigenvalue weighted by Gasteiger charge is -2.56. The topological polar surface area (TPSA) is 111 Å². The Morgan fingerprint density at radius 2 is 2.03 bits per heavy atom. The molecule has 9 nitrogen and oxygen atoms in total. The van der Waals surface area contributed by atoms with E-state index in [0.29, 0.717) is 11.4 Å². The van der Waals surface area contributed by atoms with Crippen molar-refractivity contribution in [1.82, 2.24) is 20.2 Å². The highest BCUT2D eigenvalue weighted by Crippen LogP contribution is 2.64. The van der Waals surface area contributed by atoms with Gasteiger partial charge in [0, 0.05) is 5.41 Å². The second-order valence-electron chi connectivity index (χ2n) is 8.56. The lowest BCUT2D eigenvalue weighted by Crippen LogP contribution is -2.76. The van der Waals surface area contributed by atoms with Gasteiger partial charge in [-0.3, -0.25) is 19.3 Å². The largest absolute Gasteiger partial charge is 0.503 e. The molecule has 0 radical (unpaired) electrons. The molecule has 2 aromatic rings. The number of fused-ring (bicyclic) bond motifs is 2. The summed E-state index contributed by atoms with van der Waals surface area (Å²) >= 11 is 0. The molecule has 2 atom stereocenters. The first-order valence-corrected chi connectivity index (χ1v) is 10.1. The van der Waals surface area contributed by atoms with E-state index in [1.165, 1.54) is 41.7 Å². The number of nitrogens with zero attached hydrogens (tertiary/aromatic N) is 3. The molecule has 2 amide bonds. The van der Waals surface area contributed by atoms with Crippen molar-refractivity contribution in [3.05, 3.63) is 78.2 Å². The van der Waals surface area contributed by atoms with Crippen LogP contribution in [0.25, 0.3) is 6.08 Å². The summed E-state index contributed by atoms with van der Waals surface area (Å²) in [6, 6.07) is 7.47. The molecule has 4 heterocycles. The molecule has 5 rings (SSSR count). The minimum Gasteiger partial charge on any atom is -0.503 e. The summed E-state index contributed by atoms with van der Waals surface area (Å²) in [5, 5.41) is 15.5. The zero-order chi connectivity index (χ0) is 22.9. The molecule has 9 heteroatoms. The number of para-hydroxylation sites is 1. The van der Waals surface area contributed by atoms with Gasteiger partial charge in [0.25, 0.3) is 11.8 Å². The fourth-order valence-corrected chi connectivity index (χ4v) is 5.29. The summed E-state index contributed by atoms with van der Waals surface area (Å²) in [5.41, 5.74) is 0.141. The highest BCUT2D eigenvalue weighted by Gasteiger charge is 2.76. The number of anilines is 1. The molecule has 32 heavy (non-hydrogen) atoms. The maximum absolute atomic E-state index is 13.4. The molecule has 1 saturated heterocycles.